The number of ether oxygens (including phenoxy) is 2. The van der Waals surface area contributed by atoms with Crippen molar-refractivity contribution in [2.24, 2.45) is 0 Å². The Morgan fingerprint density at radius 2 is 1.85 bits per heavy atom. The van der Waals surface area contributed by atoms with Crippen LogP contribution in [0.3, 0.4) is 0 Å². The van der Waals surface area contributed by atoms with E-state index < -0.39 is 12.1 Å². The summed E-state index contributed by atoms with van der Waals surface area (Å²) in [4.78, 5) is 26.6. The van der Waals surface area contributed by atoms with Crippen LogP contribution in [0, 0.1) is 23.7 Å². The van der Waals surface area contributed by atoms with Crippen molar-refractivity contribution in [2.45, 2.75) is 39.0 Å². The molecule has 138 valence electrons. The molecular weight excluding hydrogens is 332 g/mol. The molecule has 0 atom stereocenters. The van der Waals surface area contributed by atoms with E-state index in [9.17, 15) is 9.59 Å². The van der Waals surface area contributed by atoms with Gasteiger partial charge in [0.05, 0.1) is 13.2 Å². The number of esters is 1. The summed E-state index contributed by atoms with van der Waals surface area (Å²) >= 11 is 0. The van der Waals surface area contributed by atoms with Gasteiger partial charge in [-0.25, -0.2) is 4.79 Å². The average molecular weight is 356 g/mol. The predicted octanol–water partition coefficient (Wildman–Crippen LogP) is 2.68. The number of aromatic nitrogens is 1. The van der Waals surface area contributed by atoms with Gasteiger partial charge in [-0.05, 0) is 43.2 Å². The highest BCUT2D eigenvalue weighted by molar-refractivity contribution is 5.77. The Hall–Kier alpha value is -2.99. The molecule has 0 bridgehead atoms. The van der Waals surface area contributed by atoms with Gasteiger partial charge in [0.2, 0.25) is 0 Å². The SMILES string of the molecule is CCCCOC(=O)CNC(=O)OCCCCC#CC#Cc1ccncc1. The zero-order valence-electron chi connectivity index (χ0n) is 15.0. The Bertz CT molecular complexity index is 666. The third-order valence-corrected chi connectivity index (χ3v) is 3.11. The van der Waals surface area contributed by atoms with Crippen LogP contribution < -0.4 is 5.32 Å². The highest BCUT2D eigenvalue weighted by atomic mass is 16.6. The van der Waals surface area contributed by atoms with Crippen molar-refractivity contribution < 1.29 is 19.1 Å². The number of alkyl carbamates (subject to hydrolysis) is 1. The Morgan fingerprint density at radius 1 is 1.08 bits per heavy atom. The molecule has 0 fully saturated rings. The van der Waals surface area contributed by atoms with Crippen LogP contribution in [-0.4, -0.2) is 36.8 Å². The molecule has 26 heavy (non-hydrogen) atoms. The van der Waals surface area contributed by atoms with Crippen LogP contribution in [-0.2, 0) is 14.3 Å². The molecular formula is C20H24N2O4. The number of carbonyl (C=O) groups excluding carboxylic acids is 2. The third kappa shape index (κ3) is 11.5. The van der Waals surface area contributed by atoms with E-state index in [1.54, 1.807) is 12.4 Å². The van der Waals surface area contributed by atoms with E-state index >= 15 is 0 Å². The standard InChI is InChI=1S/C20H24N2O4/c1-2-3-15-25-19(23)17-22-20(24)26-16-9-7-5-4-6-8-10-18-11-13-21-14-12-18/h11-14H,2-3,5,7,9,15-17H2,1H3,(H,22,24). The van der Waals surface area contributed by atoms with Gasteiger partial charge in [-0.2, -0.15) is 0 Å². The maximum absolute atomic E-state index is 11.4. The van der Waals surface area contributed by atoms with Crippen LogP contribution in [0.15, 0.2) is 24.5 Å². The Morgan fingerprint density at radius 3 is 2.62 bits per heavy atom. The molecule has 0 unspecified atom stereocenters. The molecule has 1 aromatic heterocycles. The Kier molecular flexibility index (Phi) is 11.6. The summed E-state index contributed by atoms with van der Waals surface area (Å²) in [5, 5.41) is 2.36. The second-order valence-corrected chi connectivity index (χ2v) is 5.31. The van der Waals surface area contributed by atoms with Gasteiger partial charge in [-0.3, -0.25) is 9.78 Å². The van der Waals surface area contributed by atoms with Gasteiger partial charge in [0.15, 0.2) is 0 Å². The molecule has 0 aliphatic carbocycles. The number of pyridine rings is 1. The Labute approximate surface area is 154 Å². The first-order valence-electron chi connectivity index (χ1n) is 8.67. The largest absolute Gasteiger partial charge is 0.464 e. The number of amides is 1. The molecule has 0 radical (unpaired) electrons. The van der Waals surface area contributed by atoms with Crippen molar-refractivity contribution in [1.29, 1.82) is 0 Å². The first-order chi connectivity index (χ1) is 12.7. The fourth-order valence-corrected chi connectivity index (χ4v) is 1.70. The van der Waals surface area contributed by atoms with Gasteiger partial charge in [-0.15, -0.1) is 0 Å². The van der Waals surface area contributed by atoms with Gasteiger partial charge in [0, 0.05) is 24.4 Å². The second kappa shape index (κ2) is 14.4. The van der Waals surface area contributed by atoms with E-state index in [4.69, 9.17) is 9.47 Å². The number of nitrogens with one attached hydrogen (secondary N) is 1. The molecule has 0 spiro atoms. The number of hydrogen-bond donors (Lipinski definition) is 1. The van der Waals surface area contributed by atoms with Crippen molar-refractivity contribution in [1.82, 2.24) is 10.3 Å². The van der Waals surface area contributed by atoms with Crippen LogP contribution in [0.2, 0.25) is 0 Å². The number of nitrogens with zero attached hydrogens (tertiary/aromatic N) is 1. The lowest BCUT2D eigenvalue weighted by Gasteiger charge is -2.06. The molecule has 6 heteroatoms. The van der Waals surface area contributed by atoms with Crippen LogP contribution in [0.1, 0.15) is 44.6 Å². The van der Waals surface area contributed by atoms with Crippen LogP contribution in [0.25, 0.3) is 0 Å². The number of rotatable bonds is 9. The van der Waals surface area contributed by atoms with E-state index in [0.717, 1.165) is 24.8 Å². The van der Waals surface area contributed by atoms with Gasteiger partial charge in [0.1, 0.15) is 6.54 Å². The molecule has 0 aromatic carbocycles. The fraction of sp³-hybridized carbons (Fsp3) is 0.450. The predicted molar refractivity (Wildman–Crippen MR) is 98.0 cm³/mol. The minimum Gasteiger partial charge on any atom is -0.464 e. The van der Waals surface area contributed by atoms with Crippen LogP contribution in [0.4, 0.5) is 4.79 Å². The van der Waals surface area contributed by atoms with Crippen LogP contribution in [0.5, 0.6) is 0 Å². The quantitative estimate of drug-likeness (QED) is 0.418. The van der Waals surface area contributed by atoms with Gasteiger partial charge >= 0.3 is 12.1 Å². The molecule has 0 aliphatic rings. The van der Waals surface area contributed by atoms with Gasteiger partial charge < -0.3 is 14.8 Å². The van der Waals surface area contributed by atoms with Crippen molar-refractivity contribution in [2.75, 3.05) is 19.8 Å². The Balaban J connectivity index is 2.02. The molecule has 6 nitrogen and oxygen atoms in total. The molecule has 0 aliphatic heterocycles. The molecule has 0 saturated heterocycles. The lowest BCUT2D eigenvalue weighted by Crippen LogP contribution is -2.31. The number of unbranched alkanes of at least 4 members (excludes halogenated alkanes) is 3. The van der Waals surface area contributed by atoms with E-state index in [2.05, 4.69) is 34.0 Å². The minimum atomic E-state index is -0.619. The summed E-state index contributed by atoms with van der Waals surface area (Å²) in [6.45, 7) is 2.48. The summed E-state index contributed by atoms with van der Waals surface area (Å²) in [7, 11) is 0. The zero-order chi connectivity index (χ0) is 18.9. The molecule has 1 aromatic rings. The van der Waals surface area contributed by atoms with E-state index in [1.165, 1.54) is 0 Å². The second-order valence-electron chi connectivity index (χ2n) is 5.31. The van der Waals surface area contributed by atoms with Crippen molar-refractivity contribution in [3.05, 3.63) is 30.1 Å². The monoisotopic (exact) mass is 356 g/mol. The average Bonchev–Trinajstić information content (AvgIpc) is 2.66. The fourth-order valence-electron chi connectivity index (χ4n) is 1.70. The van der Waals surface area contributed by atoms with E-state index in [-0.39, 0.29) is 13.2 Å². The van der Waals surface area contributed by atoms with E-state index in [0.29, 0.717) is 19.4 Å². The van der Waals surface area contributed by atoms with Gasteiger partial charge in [0.25, 0.3) is 0 Å². The molecule has 1 heterocycles. The van der Waals surface area contributed by atoms with Crippen molar-refractivity contribution in [3.8, 4) is 23.7 Å². The maximum Gasteiger partial charge on any atom is 0.407 e. The van der Waals surface area contributed by atoms with E-state index in [1.807, 2.05) is 19.1 Å². The van der Waals surface area contributed by atoms with Gasteiger partial charge in [-0.1, -0.05) is 25.2 Å². The molecule has 1 rings (SSSR count). The maximum atomic E-state index is 11.4. The summed E-state index contributed by atoms with van der Waals surface area (Å²) in [5.74, 6) is 11.0. The van der Waals surface area contributed by atoms with Crippen molar-refractivity contribution in [3.63, 3.8) is 0 Å². The van der Waals surface area contributed by atoms with Crippen LogP contribution >= 0.6 is 0 Å². The lowest BCUT2D eigenvalue weighted by atomic mass is 10.2. The molecule has 0 saturated carbocycles. The van der Waals surface area contributed by atoms with Crippen molar-refractivity contribution >= 4 is 12.1 Å². The first kappa shape index (κ1) is 21.1. The third-order valence-electron chi connectivity index (χ3n) is 3.11. The normalized spacial score (nSPS) is 9.12. The molecule has 1 amide bonds. The minimum absolute atomic E-state index is 0.176. The topological polar surface area (TPSA) is 77.5 Å². The first-order valence-corrected chi connectivity index (χ1v) is 8.67. The number of hydrogen-bond acceptors (Lipinski definition) is 5. The highest BCUT2D eigenvalue weighted by Crippen LogP contribution is 1.95. The summed E-state index contributed by atoms with van der Waals surface area (Å²) in [6, 6.07) is 3.64. The smallest absolute Gasteiger partial charge is 0.407 e. The zero-order valence-corrected chi connectivity index (χ0v) is 15.0. The highest BCUT2D eigenvalue weighted by Gasteiger charge is 2.06. The number of carbonyl (C=O) groups is 2. The molecule has 1 N–H and O–H groups in total. The summed E-state index contributed by atoms with van der Waals surface area (Å²) in [5.41, 5.74) is 0.878. The lowest BCUT2D eigenvalue weighted by molar-refractivity contribution is -0.142. The summed E-state index contributed by atoms with van der Waals surface area (Å²) in [6.07, 6.45) is 6.69. The summed E-state index contributed by atoms with van der Waals surface area (Å²) < 4.78 is 9.88.